The Hall–Kier alpha value is -2.32. The summed E-state index contributed by atoms with van der Waals surface area (Å²) in [5.41, 5.74) is 0.811. The molecule has 1 atom stereocenters. The molecule has 1 aliphatic heterocycles. The van der Waals surface area contributed by atoms with Crippen LogP contribution >= 0.6 is 0 Å². The van der Waals surface area contributed by atoms with Gasteiger partial charge in [-0.05, 0) is 30.3 Å². The van der Waals surface area contributed by atoms with Crippen molar-refractivity contribution < 1.29 is 13.5 Å². The first-order chi connectivity index (χ1) is 9.78. The van der Waals surface area contributed by atoms with E-state index in [2.05, 4.69) is 0 Å². The maximum absolute atomic E-state index is 14.0. The number of anilines is 1. The smallest absolute Gasteiger partial charge is 0.147 e. The van der Waals surface area contributed by atoms with Crippen molar-refractivity contribution in [3.8, 4) is 6.07 Å². The normalized spacial score (nSPS) is 18.8. The quantitative estimate of drug-likeness (QED) is 0.843. The van der Waals surface area contributed by atoms with E-state index in [1.807, 2.05) is 17.0 Å². The topological polar surface area (TPSA) is 49.4 Å². The molecule has 0 bridgehead atoms. The molecule has 2 heterocycles. The van der Waals surface area contributed by atoms with Gasteiger partial charge in [-0.1, -0.05) is 0 Å². The summed E-state index contributed by atoms with van der Waals surface area (Å²) in [4.78, 5) is 1.91. The fourth-order valence-corrected chi connectivity index (χ4v) is 2.35. The van der Waals surface area contributed by atoms with E-state index in [0.717, 1.165) is 5.76 Å². The molecule has 5 heteroatoms. The Labute approximate surface area is 116 Å². The summed E-state index contributed by atoms with van der Waals surface area (Å²) >= 11 is 0. The van der Waals surface area contributed by atoms with Crippen molar-refractivity contribution in [2.75, 3.05) is 24.6 Å². The zero-order chi connectivity index (χ0) is 13.9. The number of ether oxygens (including phenoxy) is 1. The van der Waals surface area contributed by atoms with Crippen LogP contribution in [0.15, 0.2) is 41.0 Å². The number of morpholine rings is 1. The van der Waals surface area contributed by atoms with Crippen LogP contribution in [0.1, 0.15) is 17.4 Å². The summed E-state index contributed by atoms with van der Waals surface area (Å²) in [6, 6.07) is 10.1. The lowest BCUT2D eigenvalue weighted by Gasteiger charge is -2.33. The Kier molecular flexibility index (Phi) is 3.40. The predicted molar refractivity (Wildman–Crippen MR) is 70.7 cm³/mol. The third-order valence-corrected chi connectivity index (χ3v) is 3.34. The number of benzene rings is 1. The number of furan rings is 1. The predicted octanol–water partition coefficient (Wildman–Crippen LogP) is 2.87. The van der Waals surface area contributed by atoms with Gasteiger partial charge >= 0.3 is 0 Å². The molecular weight excluding hydrogens is 259 g/mol. The van der Waals surface area contributed by atoms with Gasteiger partial charge in [0.2, 0.25) is 0 Å². The van der Waals surface area contributed by atoms with Crippen LogP contribution in [0, 0.1) is 17.1 Å². The highest BCUT2D eigenvalue weighted by molar-refractivity contribution is 5.51. The summed E-state index contributed by atoms with van der Waals surface area (Å²) in [6.45, 7) is 1.64. The van der Waals surface area contributed by atoms with Crippen LogP contribution in [0.4, 0.5) is 10.1 Å². The van der Waals surface area contributed by atoms with Gasteiger partial charge < -0.3 is 14.1 Å². The van der Waals surface area contributed by atoms with Crippen molar-refractivity contribution >= 4 is 5.69 Å². The molecule has 0 saturated carbocycles. The lowest BCUT2D eigenvalue weighted by molar-refractivity contribution is 0.0255. The van der Waals surface area contributed by atoms with Gasteiger partial charge in [0.25, 0.3) is 0 Å². The van der Waals surface area contributed by atoms with Crippen LogP contribution in [0.5, 0.6) is 0 Å². The van der Waals surface area contributed by atoms with Gasteiger partial charge in [-0.3, -0.25) is 0 Å². The molecule has 4 nitrogen and oxygen atoms in total. The molecule has 1 saturated heterocycles. The van der Waals surface area contributed by atoms with Crippen molar-refractivity contribution in [3.05, 3.63) is 53.7 Å². The van der Waals surface area contributed by atoms with Gasteiger partial charge in [-0.25, -0.2) is 4.39 Å². The highest BCUT2D eigenvalue weighted by Crippen LogP contribution is 2.28. The van der Waals surface area contributed by atoms with Gasteiger partial charge in [-0.15, -0.1) is 0 Å². The maximum atomic E-state index is 14.0. The number of nitrogens with zero attached hydrogens (tertiary/aromatic N) is 2. The van der Waals surface area contributed by atoms with Crippen molar-refractivity contribution in [2.45, 2.75) is 6.10 Å². The van der Waals surface area contributed by atoms with E-state index in [9.17, 15) is 4.39 Å². The zero-order valence-electron chi connectivity index (χ0n) is 10.8. The molecule has 0 radical (unpaired) electrons. The SMILES string of the molecule is N#Cc1ccc(N2CCOC(c3ccco3)C2)c(F)c1. The van der Waals surface area contributed by atoms with Crippen molar-refractivity contribution in [3.63, 3.8) is 0 Å². The molecule has 1 aromatic carbocycles. The van der Waals surface area contributed by atoms with E-state index in [1.54, 1.807) is 24.5 Å². The van der Waals surface area contributed by atoms with E-state index in [0.29, 0.717) is 30.9 Å². The maximum Gasteiger partial charge on any atom is 0.147 e. The molecule has 1 aliphatic rings. The second-order valence-corrected chi connectivity index (χ2v) is 4.60. The van der Waals surface area contributed by atoms with Gasteiger partial charge in [0.05, 0.1) is 36.7 Å². The molecule has 2 aromatic rings. The van der Waals surface area contributed by atoms with Crippen LogP contribution < -0.4 is 4.90 Å². The number of hydrogen-bond donors (Lipinski definition) is 0. The largest absolute Gasteiger partial charge is 0.467 e. The average Bonchev–Trinajstić information content (AvgIpc) is 3.01. The number of rotatable bonds is 2. The van der Waals surface area contributed by atoms with Crippen LogP contribution in [0.25, 0.3) is 0 Å². The minimum atomic E-state index is -0.385. The minimum absolute atomic E-state index is 0.200. The van der Waals surface area contributed by atoms with E-state index in [-0.39, 0.29) is 11.9 Å². The van der Waals surface area contributed by atoms with Gasteiger partial charge in [-0.2, -0.15) is 5.26 Å². The Morgan fingerprint density at radius 3 is 2.95 bits per heavy atom. The summed E-state index contributed by atoms with van der Waals surface area (Å²) in [5, 5.41) is 8.77. The van der Waals surface area contributed by atoms with Gasteiger partial charge in [0.1, 0.15) is 17.7 Å². The van der Waals surface area contributed by atoms with Crippen molar-refractivity contribution in [1.82, 2.24) is 0 Å². The van der Waals surface area contributed by atoms with Crippen LogP contribution in [0.3, 0.4) is 0 Å². The summed E-state index contributed by atoms with van der Waals surface area (Å²) < 4.78 is 25.0. The first kappa shape index (κ1) is 12.7. The highest BCUT2D eigenvalue weighted by atomic mass is 19.1. The Bertz CT molecular complexity index is 634. The monoisotopic (exact) mass is 272 g/mol. The van der Waals surface area contributed by atoms with E-state index in [1.165, 1.54) is 6.07 Å². The van der Waals surface area contributed by atoms with Crippen LogP contribution in [-0.2, 0) is 4.74 Å². The molecule has 1 aromatic heterocycles. The fourth-order valence-electron chi connectivity index (χ4n) is 2.35. The molecule has 0 spiro atoms. The summed E-state index contributed by atoms with van der Waals surface area (Å²) in [5.74, 6) is 0.355. The molecule has 0 aliphatic carbocycles. The number of halogens is 1. The first-order valence-corrected chi connectivity index (χ1v) is 6.37. The number of nitriles is 1. The second-order valence-electron chi connectivity index (χ2n) is 4.60. The van der Waals surface area contributed by atoms with E-state index in [4.69, 9.17) is 14.4 Å². The third-order valence-electron chi connectivity index (χ3n) is 3.34. The molecule has 0 amide bonds. The fraction of sp³-hybridized carbons (Fsp3) is 0.267. The molecule has 20 heavy (non-hydrogen) atoms. The first-order valence-electron chi connectivity index (χ1n) is 6.37. The Balaban J connectivity index is 1.82. The lowest BCUT2D eigenvalue weighted by atomic mass is 10.1. The highest BCUT2D eigenvalue weighted by Gasteiger charge is 2.25. The van der Waals surface area contributed by atoms with Gasteiger partial charge in [0.15, 0.2) is 0 Å². The third kappa shape index (κ3) is 2.38. The van der Waals surface area contributed by atoms with E-state index >= 15 is 0 Å². The standard InChI is InChI=1S/C15H13FN2O2/c16-12-8-11(9-17)3-4-13(12)18-5-7-20-15(10-18)14-2-1-6-19-14/h1-4,6,8,15H,5,7,10H2. The molecule has 3 rings (SSSR count). The Morgan fingerprint density at radius 2 is 2.25 bits per heavy atom. The van der Waals surface area contributed by atoms with Gasteiger partial charge in [0, 0.05) is 6.54 Å². The number of hydrogen-bond acceptors (Lipinski definition) is 4. The molecule has 102 valence electrons. The summed E-state index contributed by atoms with van der Waals surface area (Å²) in [6.07, 6.45) is 1.40. The minimum Gasteiger partial charge on any atom is -0.467 e. The van der Waals surface area contributed by atoms with Crippen molar-refractivity contribution in [2.24, 2.45) is 0 Å². The zero-order valence-corrected chi connectivity index (χ0v) is 10.8. The lowest BCUT2D eigenvalue weighted by Crippen LogP contribution is -2.38. The molecule has 1 unspecified atom stereocenters. The van der Waals surface area contributed by atoms with Crippen LogP contribution in [0.2, 0.25) is 0 Å². The van der Waals surface area contributed by atoms with E-state index < -0.39 is 0 Å². The second kappa shape index (κ2) is 5.35. The van der Waals surface area contributed by atoms with Crippen molar-refractivity contribution in [1.29, 1.82) is 5.26 Å². The van der Waals surface area contributed by atoms with Crippen LogP contribution in [-0.4, -0.2) is 19.7 Å². The molecule has 1 fully saturated rings. The average molecular weight is 272 g/mol. The summed E-state index contributed by atoms with van der Waals surface area (Å²) in [7, 11) is 0. The Morgan fingerprint density at radius 1 is 1.35 bits per heavy atom. The molecular formula is C15H13FN2O2. The molecule has 0 N–H and O–H groups in total.